The molecular weight excluding hydrogens is 432 g/mol. The molecule has 3 N–H and O–H groups in total. The summed E-state index contributed by atoms with van der Waals surface area (Å²) in [7, 11) is 1.60. The molecule has 1 fully saturated rings. The second-order valence-electron chi connectivity index (χ2n) is 8.87. The number of nitrogens with zero attached hydrogens (tertiary/aromatic N) is 1. The maximum Gasteiger partial charge on any atom is 0.324 e. The van der Waals surface area contributed by atoms with E-state index in [2.05, 4.69) is 21.7 Å². The number of carbonyl (C=O) groups excluding carboxylic acids is 3. The molecule has 176 valence electrons. The fourth-order valence-corrected chi connectivity index (χ4v) is 4.96. The number of ether oxygens (including phenoxy) is 1. The summed E-state index contributed by atoms with van der Waals surface area (Å²) in [5.74, 6) is 0.151. The van der Waals surface area contributed by atoms with Crippen molar-refractivity contribution in [1.82, 2.24) is 20.5 Å². The van der Waals surface area contributed by atoms with Crippen molar-refractivity contribution in [1.29, 1.82) is 0 Å². The maximum absolute atomic E-state index is 12.8. The summed E-state index contributed by atoms with van der Waals surface area (Å²) in [6.45, 7) is 0.260. The number of imide groups is 1. The second-order valence-corrected chi connectivity index (χ2v) is 8.87. The predicted molar refractivity (Wildman–Crippen MR) is 127 cm³/mol. The summed E-state index contributed by atoms with van der Waals surface area (Å²) in [5, 5.41) is 6.94. The molecule has 0 bridgehead atoms. The number of urea groups is 1. The first-order chi connectivity index (χ1) is 16.5. The van der Waals surface area contributed by atoms with Crippen LogP contribution in [0.4, 0.5) is 4.79 Å². The van der Waals surface area contributed by atoms with Crippen LogP contribution >= 0.6 is 0 Å². The van der Waals surface area contributed by atoms with Crippen LogP contribution in [0.1, 0.15) is 42.1 Å². The highest BCUT2D eigenvalue weighted by molar-refractivity contribution is 6.05. The summed E-state index contributed by atoms with van der Waals surface area (Å²) in [4.78, 5) is 42.7. The van der Waals surface area contributed by atoms with Crippen LogP contribution in [0.15, 0.2) is 48.5 Å². The van der Waals surface area contributed by atoms with Crippen LogP contribution in [0.3, 0.4) is 0 Å². The third-order valence-corrected chi connectivity index (χ3v) is 6.73. The highest BCUT2D eigenvalue weighted by Gasteiger charge is 2.39. The molecule has 8 nitrogen and oxygen atoms in total. The Labute approximate surface area is 197 Å². The number of benzene rings is 2. The van der Waals surface area contributed by atoms with Gasteiger partial charge in [-0.2, -0.15) is 0 Å². The molecule has 2 heterocycles. The van der Waals surface area contributed by atoms with Gasteiger partial charge in [-0.25, -0.2) is 4.79 Å². The van der Waals surface area contributed by atoms with Gasteiger partial charge in [0.25, 0.3) is 5.91 Å². The van der Waals surface area contributed by atoms with E-state index in [1.54, 1.807) is 7.11 Å². The molecular formula is C26H28N4O4. The number of hydrogen-bond acceptors (Lipinski definition) is 4. The molecule has 34 heavy (non-hydrogen) atoms. The van der Waals surface area contributed by atoms with Crippen molar-refractivity contribution in [3.63, 3.8) is 0 Å². The van der Waals surface area contributed by atoms with Gasteiger partial charge >= 0.3 is 6.03 Å². The van der Waals surface area contributed by atoms with E-state index in [1.807, 2.05) is 42.5 Å². The van der Waals surface area contributed by atoms with Crippen molar-refractivity contribution in [3.05, 3.63) is 65.4 Å². The average molecular weight is 461 g/mol. The molecule has 2 aliphatic rings. The van der Waals surface area contributed by atoms with Gasteiger partial charge in [0.15, 0.2) is 0 Å². The number of aromatic nitrogens is 1. The number of carbonyl (C=O) groups is 3. The number of H-pyrrole nitrogens is 1. The summed E-state index contributed by atoms with van der Waals surface area (Å²) in [6.07, 6.45) is 3.26. The standard InChI is InChI=1S/C26H28N4O4/c1-34-17-11-9-16(10-12-17)13-14-30-25(32)22(29-26(30)33)15-23(31)27-21-8-4-6-19-18-5-2-3-7-20(18)28-24(19)21/h2-3,5,7,9-12,21-22,28H,4,6,8,13-15H2,1H3,(H,27,31)(H,29,33)/t21-,22-/m1/s1. The number of amides is 4. The zero-order valence-electron chi connectivity index (χ0n) is 19.1. The van der Waals surface area contributed by atoms with Gasteiger partial charge in [0.1, 0.15) is 11.8 Å². The van der Waals surface area contributed by atoms with Crippen molar-refractivity contribution in [2.24, 2.45) is 0 Å². The lowest BCUT2D eigenvalue weighted by atomic mass is 9.91. The van der Waals surface area contributed by atoms with Crippen molar-refractivity contribution < 1.29 is 19.1 Å². The fraction of sp³-hybridized carbons (Fsp3) is 0.346. The van der Waals surface area contributed by atoms with E-state index in [1.165, 1.54) is 15.8 Å². The number of fused-ring (bicyclic) bond motifs is 3. The normalized spacial score (nSPS) is 19.7. The molecule has 1 aromatic heterocycles. The number of para-hydroxylation sites is 1. The number of hydrogen-bond donors (Lipinski definition) is 3. The van der Waals surface area contributed by atoms with Gasteiger partial charge < -0.3 is 20.4 Å². The third kappa shape index (κ3) is 4.23. The first-order valence-electron chi connectivity index (χ1n) is 11.7. The second kappa shape index (κ2) is 9.21. The van der Waals surface area contributed by atoms with Crippen molar-refractivity contribution in [3.8, 4) is 5.75 Å². The highest BCUT2D eigenvalue weighted by atomic mass is 16.5. The van der Waals surface area contributed by atoms with Crippen LogP contribution in [0.5, 0.6) is 5.75 Å². The molecule has 3 aromatic rings. The highest BCUT2D eigenvalue weighted by Crippen LogP contribution is 2.34. The maximum atomic E-state index is 12.8. The number of methoxy groups -OCH3 is 1. The molecule has 1 aliphatic heterocycles. The molecule has 0 unspecified atom stereocenters. The van der Waals surface area contributed by atoms with Crippen molar-refractivity contribution in [2.45, 2.75) is 44.2 Å². The monoisotopic (exact) mass is 460 g/mol. The Bertz CT molecular complexity index is 1230. The van der Waals surface area contributed by atoms with Crippen LogP contribution in [0.2, 0.25) is 0 Å². The van der Waals surface area contributed by atoms with E-state index in [9.17, 15) is 14.4 Å². The largest absolute Gasteiger partial charge is 0.497 e. The number of nitrogens with one attached hydrogen (secondary N) is 3. The SMILES string of the molecule is COc1ccc(CCN2C(=O)N[C@H](CC(=O)N[C@@H]3CCCc4c3[nH]c3ccccc43)C2=O)cc1. The van der Waals surface area contributed by atoms with Gasteiger partial charge in [-0.3, -0.25) is 14.5 Å². The molecule has 0 radical (unpaired) electrons. The van der Waals surface area contributed by atoms with Gasteiger partial charge in [0.05, 0.1) is 19.6 Å². The van der Waals surface area contributed by atoms with Crippen LogP contribution in [-0.2, 0) is 22.4 Å². The summed E-state index contributed by atoms with van der Waals surface area (Å²) < 4.78 is 5.15. The minimum Gasteiger partial charge on any atom is -0.497 e. The van der Waals surface area contributed by atoms with E-state index >= 15 is 0 Å². The zero-order valence-corrected chi connectivity index (χ0v) is 19.1. The molecule has 2 atom stereocenters. The average Bonchev–Trinajstić information content (AvgIpc) is 3.35. The Hall–Kier alpha value is -3.81. The van der Waals surface area contributed by atoms with Gasteiger partial charge in [0.2, 0.25) is 5.91 Å². The van der Waals surface area contributed by atoms with Crippen LogP contribution in [0.25, 0.3) is 10.9 Å². The van der Waals surface area contributed by atoms with Crippen LogP contribution in [-0.4, -0.2) is 47.4 Å². The number of aromatic amines is 1. The molecule has 2 aromatic carbocycles. The van der Waals surface area contributed by atoms with Gasteiger partial charge in [-0.15, -0.1) is 0 Å². The fourth-order valence-electron chi connectivity index (χ4n) is 4.96. The van der Waals surface area contributed by atoms with E-state index in [4.69, 9.17) is 4.74 Å². The molecule has 5 rings (SSSR count). The minimum absolute atomic E-state index is 0.0737. The smallest absolute Gasteiger partial charge is 0.324 e. The van der Waals surface area contributed by atoms with Crippen LogP contribution in [0, 0.1) is 0 Å². The van der Waals surface area contributed by atoms with Gasteiger partial charge in [-0.1, -0.05) is 30.3 Å². The lowest BCUT2D eigenvalue weighted by Crippen LogP contribution is -2.38. The third-order valence-electron chi connectivity index (χ3n) is 6.73. The molecule has 4 amide bonds. The Morgan fingerprint density at radius 2 is 1.94 bits per heavy atom. The van der Waals surface area contributed by atoms with Gasteiger partial charge in [0, 0.05) is 23.1 Å². The lowest BCUT2D eigenvalue weighted by molar-refractivity contribution is -0.131. The first-order valence-corrected chi connectivity index (χ1v) is 11.7. The minimum atomic E-state index is -0.839. The van der Waals surface area contributed by atoms with Crippen molar-refractivity contribution in [2.75, 3.05) is 13.7 Å². The summed E-state index contributed by atoms with van der Waals surface area (Å²) in [6, 6.07) is 14.2. The molecule has 8 heteroatoms. The topological polar surface area (TPSA) is 104 Å². The van der Waals surface area contributed by atoms with Gasteiger partial charge in [-0.05, 0) is 55.0 Å². The molecule has 1 aliphatic carbocycles. The summed E-state index contributed by atoms with van der Waals surface area (Å²) >= 11 is 0. The Kier molecular flexibility index (Phi) is 5.96. The quantitative estimate of drug-likeness (QED) is 0.471. The predicted octanol–water partition coefficient (Wildman–Crippen LogP) is 3.22. The molecule has 1 saturated heterocycles. The summed E-state index contributed by atoms with van der Waals surface area (Å²) in [5.41, 5.74) is 4.36. The molecule has 0 spiro atoms. The van der Waals surface area contributed by atoms with E-state index < -0.39 is 12.1 Å². The first kappa shape index (κ1) is 22.0. The lowest BCUT2D eigenvalue weighted by Gasteiger charge is -2.24. The Morgan fingerprint density at radius 1 is 1.15 bits per heavy atom. The van der Waals surface area contributed by atoms with Crippen LogP contribution < -0.4 is 15.4 Å². The van der Waals surface area contributed by atoms with Crippen molar-refractivity contribution >= 4 is 28.7 Å². The Balaban J connectivity index is 1.19. The number of aryl methyl sites for hydroxylation is 1. The zero-order chi connectivity index (χ0) is 23.7. The molecule has 0 saturated carbocycles. The van der Waals surface area contributed by atoms with E-state index in [0.717, 1.165) is 41.8 Å². The Morgan fingerprint density at radius 3 is 2.74 bits per heavy atom. The van der Waals surface area contributed by atoms with E-state index in [0.29, 0.717) is 6.42 Å². The van der Waals surface area contributed by atoms with E-state index in [-0.39, 0.29) is 30.8 Å². The number of rotatable bonds is 7.